The first-order valence-electron chi connectivity index (χ1n) is 8.09. The van der Waals surface area contributed by atoms with Crippen LogP contribution >= 0.6 is 24.0 Å². The predicted molar refractivity (Wildman–Crippen MR) is 102 cm³/mol. The summed E-state index contributed by atoms with van der Waals surface area (Å²) in [7, 11) is -3.06. The first-order chi connectivity index (χ1) is 11.8. The molecule has 0 N–H and O–H groups in total. The molecule has 132 valence electrons. The van der Waals surface area contributed by atoms with Crippen LogP contribution in [0.25, 0.3) is 6.08 Å². The lowest BCUT2D eigenvalue weighted by atomic mass is 10.1. The maximum absolute atomic E-state index is 12.7. The van der Waals surface area contributed by atoms with Crippen molar-refractivity contribution in [2.45, 2.75) is 31.9 Å². The zero-order chi connectivity index (χ0) is 17.8. The van der Waals surface area contributed by atoms with Crippen LogP contribution in [0.5, 0.6) is 5.75 Å². The first kappa shape index (κ1) is 17.1. The third-order valence-corrected chi connectivity index (χ3v) is 7.70. The van der Waals surface area contributed by atoms with Gasteiger partial charge in [0.15, 0.2) is 9.84 Å². The standard InChI is InChI=1S/C17H17NO4S3/c1-10-6-12-7-11(2-3-14(12)22-10)8-15-16(19)18(17(23)24-15)13-4-5-25(20,21)9-13/h2-3,7-8,10,13H,4-6,9H2,1H3/b15-8-/t10-,13+/m1/s1. The summed E-state index contributed by atoms with van der Waals surface area (Å²) in [6, 6.07) is 5.54. The van der Waals surface area contributed by atoms with Gasteiger partial charge in [0.1, 0.15) is 16.2 Å². The molecule has 0 aliphatic carbocycles. The van der Waals surface area contributed by atoms with E-state index >= 15 is 0 Å². The number of thioether (sulfide) groups is 1. The minimum absolute atomic E-state index is 0.000786. The number of ether oxygens (including phenoxy) is 1. The van der Waals surface area contributed by atoms with E-state index < -0.39 is 9.84 Å². The Morgan fingerprint density at radius 2 is 2.20 bits per heavy atom. The van der Waals surface area contributed by atoms with Gasteiger partial charge >= 0.3 is 0 Å². The predicted octanol–water partition coefficient (Wildman–Crippen LogP) is 2.40. The Morgan fingerprint density at radius 1 is 1.40 bits per heavy atom. The van der Waals surface area contributed by atoms with E-state index in [-0.39, 0.29) is 29.6 Å². The maximum Gasteiger partial charge on any atom is 0.266 e. The number of thiocarbonyl (C=S) groups is 1. The molecule has 3 aliphatic rings. The van der Waals surface area contributed by atoms with Crippen LogP contribution in [-0.4, -0.2) is 47.2 Å². The largest absolute Gasteiger partial charge is 0.490 e. The molecule has 0 radical (unpaired) electrons. The zero-order valence-electron chi connectivity index (χ0n) is 13.6. The van der Waals surface area contributed by atoms with E-state index in [4.69, 9.17) is 17.0 Å². The molecule has 1 amide bonds. The molecule has 0 spiro atoms. The molecular weight excluding hydrogens is 378 g/mol. The quantitative estimate of drug-likeness (QED) is 0.566. The van der Waals surface area contributed by atoms with E-state index in [1.807, 2.05) is 31.2 Å². The van der Waals surface area contributed by atoms with Gasteiger partial charge in [-0.15, -0.1) is 0 Å². The van der Waals surface area contributed by atoms with Gasteiger partial charge in [-0.1, -0.05) is 30.0 Å². The van der Waals surface area contributed by atoms with Crippen LogP contribution in [0.2, 0.25) is 0 Å². The number of sulfone groups is 1. The maximum atomic E-state index is 12.7. The van der Waals surface area contributed by atoms with Crippen molar-refractivity contribution in [1.29, 1.82) is 0 Å². The highest BCUT2D eigenvalue weighted by molar-refractivity contribution is 8.26. The lowest BCUT2D eigenvalue weighted by molar-refractivity contribution is -0.123. The summed E-state index contributed by atoms with van der Waals surface area (Å²) >= 11 is 6.57. The fourth-order valence-electron chi connectivity index (χ4n) is 3.46. The van der Waals surface area contributed by atoms with Crippen molar-refractivity contribution in [3.05, 3.63) is 34.2 Å². The third kappa shape index (κ3) is 3.22. The fraction of sp³-hybridized carbons (Fsp3) is 0.412. The molecule has 0 aromatic heterocycles. The van der Waals surface area contributed by atoms with Gasteiger partial charge in [0.25, 0.3) is 5.91 Å². The van der Waals surface area contributed by atoms with Crippen molar-refractivity contribution >= 4 is 50.1 Å². The monoisotopic (exact) mass is 395 g/mol. The normalized spacial score (nSPS) is 29.3. The molecule has 8 heteroatoms. The third-order valence-electron chi connectivity index (χ3n) is 4.61. The van der Waals surface area contributed by atoms with Crippen molar-refractivity contribution in [2.75, 3.05) is 11.5 Å². The van der Waals surface area contributed by atoms with Gasteiger partial charge in [0, 0.05) is 6.42 Å². The van der Waals surface area contributed by atoms with E-state index in [1.54, 1.807) is 0 Å². The summed E-state index contributed by atoms with van der Waals surface area (Å²) in [4.78, 5) is 14.8. The van der Waals surface area contributed by atoms with Gasteiger partial charge in [-0.2, -0.15) is 0 Å². The van der Waals surface area contributed by atoms with Crippen LogP contribution in [0.3, 0.4) is 0 Å². The molecule has 0 saturated carbocycles. The lowest BCUT2D eigenvalue weighted by Crippen LogP contribution is -2.39. The second-order valence-corrected chi connectivity index (χ2v) is 10.5. The van der Waals surface area contributed by atoms with Gasteiger partial charge in [-0.25, -0.2) is 8.42 Å². The van der Waals surface area contributed by atoms with E-state index in [0.717, 1.165) is 23.3 Å². The molecule has 2 saturated heterocycles. The number of carbonyl (C=O) groups excluding carboxylic acids is 1. The molecule has 1 aromatic rings. The van der Waals surface area contributed by atoms with E-state index in [9.17, 15) is 13.2 Å². The summed E-state index contributed by atoms with van der Waals surface area (Å²) in [5.41, 5.74) is 2.06. The van der Waals surface area contributed by atoms with Gasteiger partial charge in [-0.3, -0.25) is 9.69 Å². The van der Waals surface area contributed by atoms with Gasteiger partial charge in [0.05, 0.1) is 22.5 Å². The first-order valence-corrected chi connectivity index (χ1v) is 11.1. The van der Waals surface area contributed by atoms with Crippen molar-refractivity contribution in [2.24, 2.45) is 0 Å². The average Bonchev–Trinajstić information content (AvgIpc) is 3.15. The highest BCUT2D eigenvalue weighted by Gasteiger charge is 2.42. The summed E-state index contributed by atoms with van der Waals surface area (Å²) in [5.74, 6) is 0.827. The van der Waals surface area contributed by atoms with Gasteiger partial charge < -0.3 is 4.74 Å². The number of hydrogen-bond donors (Lipinski definition) is 0. The Bertz CT molecular complexity index is 906. The number of hydrogen-bond acceptors (Lipinski definition) is 6. The minimum atomic E-state index is -3.06. The van der Waals surface area contributed by atoms with Crippen molar-refractivity contribution < 1.29 is 17.9 Å². The summed E-state index contributed by atoms with van der Waals surface area (Å²) < 4.78 is 29.5. The van der Waals surface area contributed by atoms with Crippen molar-refractivity contribution in [3.8, 4) is 5.75 Å². The molecule has 2 atom stereocenters. The topological polar surface area (TPSA) is 63.7 Å². The van der Waals surface area contributed by atoms with Gasteiger partial charge in [-0.05, 0) is 42.7 Å². The molecule has 2 fully saturated rings. The molecule has 1 aromatic carbocycles. The number of carbonyl (C=O) groups is 1. The number of amides is 1. The number of rotatable bonds is 2. The molecule has 3 aliphatic heterocycles. The van der Waals surface area contributed by atoms with Crippen LogP contribution in [0.1, 0.15) is 24.5 Å². The van der Waals surface area contributed by atoms with Crippen molar-refractivity contribution in [1.82, 2.24) is 4.90 Å². The highest BCUT2D eigenvalue weighted by atomic mass is 32.2. The Labute approximate surface area is 156 Å². The molecule has 0 bridgehead atoms. The average molecular weight is 396 g/mol. The van der Waals surface area contributed by atoms with Crippen molar-refractivity contribution in [3.63, 3.8) is 0 Å². The van der Waals surface area contributed by atoms with Gasteiger partial charge in [0.2, 0.25) is 0 Å². The van der Waals surface area contributed by atoms with E-state index in [0.29, 0.717) is 15.6 Å². The molecule has 25 heavy (non-hydrogen) atoms. The summed E-state index contributed by atoms with van der Waals surface area (Å²) in [5, 5.41) is 0. The highest BCUT2D eigenvalue weighted by Crippen LogP contribution is 2.37. The Kier molecular flexibility index (Phi) is 4.16. The number of fused-ring (bicyclic) bond motifs is 1. The lowest BCUT2D eigenvalue weighted by Gasteiger charge is -2.20. The van der Waals surface area contributed by atoms with Crippen LogP contribution in [-0.2, 0) is 21.1 Å². The van der Waals surface area contributed by atoms with Crippen LogP contribution in [0.4, 0.5) is 0 Å². The zero-order valence-corrected chi connectivity index (χ0v) is 16.0. The molecule has 5 nitrogen and oxygen atoms in total. The molecule has 0 unspecified atom stereocenters. The molecular formula is C17H17NO4S3. The van der Waals surface area contributed by atoms with Crippen LogP contribution in [0, 0.1) is 0 Å². The molecule has 3 heterocycles. The summed E-state index contributed by atoms with van der Waals surface area (Å²) in [6.07, 6.45) is 3.31. The Hall–Kier alpha value is -1.38. The Balaban J connectivity index is 1.58. The van der Waals surface area contributed by atoms with Crippen LogP contribution < -0.4 is 4.74 Å². The molecule has 4 rings (SSSR count). The Morgan fingerprint density at radius 3 is 2.92 bits per heavy atom. The number of benzene rings is 1. The van der Waals surface area contributed by atoms with E-state index in [2.05, 4.69) is 0 Å². The van der Waals surface area contributed by atoms with Crippen LogP contribution in [0.15, 0.2) is 23.1 Å². The smallest absolute Gasteiger partial charge is 0.266 e. The SMILES string of the molecule is C[C@@H]1Cc2cc(/C=C3\SC(=S)N([C@H]4CCS(=O)(=O)C4)C3=O)ccc2O1. The van der Waals surface area contributed by atoms with E-state index in [1.165, 1.54) is 16.7 Å². The second-order valence-electron chi connectivity index (χ2n) is 6.61. The second kappa shape index (κ2) is 6.10. The number of nitrogens with zero attached hydrogens (tertiary/aromatic N) is 1. The summed E-state index contributed by atoms with van der Waals surface area (Å²) in [6.45, 7) is 2.03. The fourth-order valence-corrected chi connectivity index (χ4v) is 6.56. The minimum Gasteiger partial charge on any atom is -0.490 e.